The topological polar surface area (TPSA) is 26.3 Å². The van der Waals surface area contributed by atoms with Gasteiger partial charge in [0.05, 0.1) is 0 Å². The summed E-state index contributed by atoms with van der Waals surface area (Å²) in [5.41, 5.74) is 0. The van der Waals surface area contributed by atoms with E-state index in [1.807, 2.05) is 0 Å². The van der Waals surface area contributed by atoms with E-state index in [1.165, 1.54) is 6.08 Å². The fraction of sp³-hybridized carbons (Fsp3) is 0.200. The van der Waals surface area contributed by atoms with Crippen LogP contribution in [0.2, 0.25) is 0 Å². The second-order valence-corrected chi connectivity index (χ2v) is 0.963. The molecule has 0 aliphatic rings. The number of carbonyl (C=O) groups is 1. The van der Waals surface area contributed by atoms with Crippen molar-refractivity contribution in [3.05, 3.63) is 19.3 Å². The molecule has 0 saturated carbocycles. The van der Waals surface area contributed by atoms with Crippen LogP contribution in [-0.4, -0.2) is 5.97 Å². The lowest BCUT2D eigenvalue weighted by molar-refractivity contribution is -0.132. The molecule has 0 aliphatic heterocycles. The van der Waals surface area contributed by atoms with Crippen LogP contribution in [0, 0.1) is 7.11 Å². The van der Waals surface area contributed by atoms with E-state index in [1.54, 1.807) is 13.0 Å². The maximum atomic E-state index is 10.0. The van der Waals surface area contributed by atoms with Crippen molar-refractivity contribution >= 4 is 5.97 Å². The Morgan fingerprint density at radius 1 is 1.86 bits per heavy atom. The highest BCUT2D eigenvalue weighted by molar-refractivity contribution is 5.81. The molecule has 0 N–H and O–H groups in total. The Bertz CT molecular complexity index is 84.1. The Morgan fingerprint density at radius 3 is 2.57 bits per heavy atom. The molecular formula is C5H7O2. The molecule has 0 fully saturated rings. The summed E-state index contributed by atoms with van der Waals surface area (Å²) >= 11 is 0. The molecule has 0 heterocycles. The van der Waals surface area contributed by atoms with Crippen LogP contribution in [0.4, 0.5) is 0 Å². The first-order chi connectivity index (χ1) is 3.31. The smallest absolute Gasteiger partial charge is 0.330 e. The van der Waals surface area contributed by atoms with Crippen molar-refractivity contribution < 1.29 is 9.53 Å². The van der Waals surface area contributed by atoms with Crippen LogP contribution in [-0.2, 0) is 9.53 Å². The fourth-order valence-electron chi connectivity index (χ4n) is 0.184. The monoisotopic (exact) mass is 99.0 g/mol. The van der Waals surface area contributed by atoms with E-state index in [0.29, 0.717) is 0 Å². The van der Waals surface area contributed by atoms with Gasteiger partial charge in [0.25, 0.3) is 0 Å². The summed E-state index contributed by atoms with van der Waals surface area (Å²) in [7, 11) is 2.90. The van der Waals surface area contributed by atoms with E-state index in [-0.39, 0.29) is 0 Å². The Balaban J connectivity index is 3.37. The van der Waals surface area contributed by atoms with Crippen molar-refractivity contribution in [3.8, 4) is 0 Å². The second-order valence-electron chi connectivity index (χ2n) is 0.963. The van der Waals surface area contributed by atoms with Gasteiger partial charge in [-0.05, 0) is 6.92 Å². The Labute approximate surface area is 42.8 Å². The number of ether oxygens (including phenoxy) is 1. The van der Waals surface area contributed by atoms with E-state index in [0.717, 1.165) is 0 Å². The van der Waals surface area contributed by atoms with Crippen molar-refractivity contribution in [1.82, 2.24) is 0 Å². The number of carbonyl (C=O) groups excluding carboxylic acids is 1. The Hall–Kier alpha value is -0.790. The third-order valence-electron chi connectivity index (χ3n) is 0.445. The number of hydrogen-bond acceptors (Lipinski definition) is 2. The largest absolute Gasteiger partial charge is 0.459 e. The van der Waals surface area contributed by atoms with Crippen LogP contribution in [0.15, 0.2) is 12.2 Å². The number of rotatable bonds is 1. The highest BCUT2D eigenvalue weighted by atomic mass is 16.5. The molecule has 0 amide bonds. The first-order valence-electron chi connectivity index (χ1n) is 1.90. The van der Waals surface area contributed by atoms with Crippen LogP contribution in [0.25, 0.3) is 0 Å². The molecule has 0 rings (SSSR count). The van der Waals surface area contributed by atoms with Gasteiger partial charge in [0.1, 0.15) is 7.11 Å². The molecule has 0 bridgehead atoms. The van der Waals surface area contributed by atoms with Gasteiger partial charge in [-0.3, -0.25) is 0 Å². The van der Waals surface area contributed by atoms with Gasteiger partial charge >= 0.3 is 5.97 Å². The summed E-state index contributed by atoms with van der Waals surface area (Å²) in [6.07, 6.45) is 2.89. The number of allylic oxidation sites excluding steroid dienone is 1. The fourth-order valence-corrected chi connectivity index (χ4v) is 0.184. The molecule has 0 aromatic rings. The van der Waals surface area contributed by atoms with Crippen molar-refractivity contribution in [3.63, 3.8) is 0 Å². The summed E-state index contributed by atoms with van der Waals surface area (Å²) in [5.74, 6) is -0.414. The van der Waals surface area contributed by atoms with Crippen LogP contribution in [0.5, 0.6) is 0 Å². The van der Waals surface area contributed by atoms with Crippen molar-refractivity contribution in [2.24, 2.45) is 0 Å². The Kier molecular flexibility index (Phi) is 3.02. The first-order valence-corrected chi connectivity index (χ1v) is 1.90. The molecule has 2 nitrogen and oxygen atoms in total. The number of esters is 1. The third-order valence-corrected chi connectivity index (χ3v) is 0.445. The summed E-state index contributed by atoms with van der Waals surface area (Å²) in [4.78, 5) is 10.0. The second kappa shape index (κ2) is 3.40. The van der Waals surface area contributed by atoms with Crippen LogP contribution in [0.3, 0.4) is 0 Å². The third kappa shape index (κ3) is 3.03. The number of hydrogen-bond donors (Lipinski definition) is 0. The average molecular weight is 99.1 g/mol. The maximum absolute atomic E-state index is 10.0. The van der Waals surface area contributed by atoms with Gasteiger partial charge < -0.3 is 4.74 Å². The Morgan fingerprint density at radius 2 is 2.43 bits per heavy atom. The molecule has 39 valence electrons. The van der Waals surface area contributed by atoms with E-state index in [2.05, 4.69) is 11.8 Å². The highest BCUT2D eigenvalue weighted by Gasteiger charge is 1.84. The molecule has 0 aromatic carbocycles. The zero-order valence-corrected chi connectivity index (χ0v) is 4.18. The molecule has 0 saturated heterocycles. The normalized spacial score (nSPS) is 9.43. The van der Waals surface area contributed by atoms with Gasteiger partial charge in [0.2, 0.25) is 0 Å². The van der Waals surface area contributed by atoms with Crippen LogP contribution < -0.4 is 0 Å². The van der Waals surface area contributed by atoms with Crippen molar-refractivity contribution in [2.45, 2.75) is 6.92 Å². The predicted octanol–water partition coefficient (Wildman–Crippen LogP) is 0.897. The van der Waals surface area contributed by atoms with Gasteiger partial charge in [0.15, 0.2) is 0 Å². The lowest BCUT2D eigenvalue weighted by atomic mass is 10.5. The summed E-state index contributed by atoms with van der Waals surface area (Å²) in [6, 6.07) is 0. The quantitative estimate of drug-likeness (QED) is 0.360. The minimum atomic E-state index is -0.414. The van der Waals surface area contributed by atoms with Gasteiger partial charge in [0, 0.05) is 6.08 Å². The average Bonchev–Trinajstić information content (AvgIpc) is 1.68. The van der Waals surface area contributed by atoms with E-state index < -0.39 is 5.97 Å². The standard InChI is InChI=1S/C5H7O2/c1-3-4-5(6)7-2/h3-4H,2H2,1H3/b4-3-. The van der Waals surface area contributed by atoms with Gasteiger partial charge in [-0.2, -0.15) is 0 Å². The molecule has 1 radical (unpaired) electrons. The van der Waals surface area contributed by atoms with Crippen LogP contribution >= 0.6 is 0 Å². The molecule has 0 aromatic heterocycles. The van der Waals surface area contributed by atoms with E-state index in [9.17, 15) is 4.79 Å². The minimum absolute atomic E-state index is 0.414. The summed E-state index contributed by atoms with van der Waals surface area (Å²) < 4.78 is 4.01. The van der Waals surface area contributed by atoms with E-state index >= 15 is 0 Å². The van der Waals surface area contributed by atoms with Gasteiger partial charge in [-0.1, -0.05) is 6.08 Å². The van der Waals surface area contributed by atoms with Gasteiger partial charge in [-0.15, -0.1) is 0 Å². The summed E-state index contributed by atoms with van der Waals surface area (Å²) in [5, 5.41) is 0. The molecule has 2 heteroatoms. The first kappa shape index (κ1) is 6.21. The zero-order chi connectivity index (χ0) is 5.70. The molecule has 0 aliphatic carbocycles. The SMILES string of the molecule is [CH2]OC(=O)/C=C\C. The van der Waals surface area contributed by atoms with E-state index in [4.69, 9.17) is 0 Å². The van der Waals surface area contributed by atoms with Crippen LogP contribution in [0.1, 0.15) is 6.92 Å². The molecule has 0 unspecified atom stereocenters. The van der Waals surface area contributed by atoms with Crippen molar-refractivity contribution in [1.29, 1.82) is 0 Å². The van der Waals surface area contributed by atoms with Gasteiger partial charge in [-0.25, -0.2) is 4.79 Å². The molecule has 0 spiro atoms. The van der Waals surface area contributed by atoms with Crippen molar-refractivity contribution in [2.75, 3.05) is 0 Å². The zero-order valence-electron chi connectivity index (χ0n) is 4.18. The highest BCUT2D eigenvalue weighted by Crippen LogP contribution is 1.75. The minimum Gasteiger partial charge on any atom is -0.459 e. The molecule has 7 heavy (non-hydrogen) atoms. The lowest BCUT2D eigenvalue weighted by Crippen LogP contribution is -1.90. The lowest BCUT2D eigenvalue weighted by Gasteiger charge is -1.83. The maximum Gasteiger partial charge on any atom is 0.330 e. The summed E-state index contributed by atoms with van der Waals surface area (Å²) in [6.45, 7) is 1.73. The predicted molar refractivity (Wildman–Crippen MR) is 26.3 cm³/mol. The molecule has 0 atom stereocenters. The molecular weight excluding hydrogens is 92.1 g/mol.